The molecular formula is C25H28O4SSe. The van der Waals surface area contributed by atoms with Gasteiger partial charge < -0.3 is 0 Å². The fraction of sp³-hybridized carbons (Fsp3) is 0.280. The number of ether oxygens (including phenoxy) is 2. The Hall–Kier alpha value is -2.27. The first kappa shape index (κ1) is 25.0. The van der Waals surface area contributed by atoms with Crippen LogP contribution in [0.3, 0.4) is 0 Å². The van der Waals surface area contributed by atoms with Crippen LogP contribution in [0.15, 0.2) is 88.1 Å². The molecule has 2 aromatic carbocycles. The van der Waals surface area contributed by atoms with E-state index in [9.17, 15) is 9.59 Å². The van der Waals surface area contributed by atoms with Gasteiger partial charge in [-0.3, -0.25) is 0 Å². The van der Waals surface area contributed by atoms with Gasteiger partial charge in [0.2, 0.25) is 0 Å². The third-order valence-corrected chi connectivity index (χ3v) is 7.81. The van der Waals surface area contributed by atoms with Gasteiger partial charge in [-0.05, 0) is 0 Å². The third kappa shape index (κ3) is 7.42. The molecule has 0 amide bonds. The fourth-order valence-corrected chi connectivity index (χ4v) is 6.16. The predicted octanol–water partition coefficient (Wildman–Crippen LogP) is 4.73. The predicted molar refractivity (Wildman–Crippen MR) is 127 cm³/mol. The van der Waals surface area contributed by atoms with Gasteiger partial charge in [0.15, 0.2) is 0 Å². The molecule has 0 aliphatic rings. The first-order valence-electron chi connectivity index (χ1n) is 10.1. The summed E-state index contributed by atoms with van der Waals surface area (Å²) < 4.78 is 12.8. The van der Waals surface area contributed by atoms with E-state index in [0.29, 0.717) is 0 Å². The van der Waals surface area contributed by atoms with Crippen LogP contribution in [0.1, 0.15) is 26.7 Å². The zero-order valence-corrected chi connectivity index (χ0v) is 20.4. The van der Waals surface area contributed by atoms with E-state index in [-0.39, 0.29) is 41.0 Å². The number of hydrogen-bond acceptors (Lipinski definition) is 5. The summed E-state index contributed by atoms with van der Waals surface area (Å²) in [6.07, 6.45) is 1.97. The van der Waals surface area contributed by atoms with E-state index in [1.165, 1.54) is 0 Å². The number of thioether (sulfide) groups is 1. The van der Waals surface area contributed by atoms with Crippen molar-refractivity contribution in [1.29, 1.82) is 0 Å². The molecule has 0 bridgehead atoms. The van der Waals surface area contributed by atoms with Crippen molar-refractivity contribution in [3.05, 3.63) is 83.2 Å². The summed E-state index contributed by atoms with van der Waals surface area (Å²) in [5.41, 5.74) is -1.44. The molecule has 0 aliphatic heterocycles. The zero-order chi connectivity index (χ0) is 22.5. The van der Waals surface area contributed by atoms with E-state index in [0.717, 1.165) is 13.8 Å². The van der Waals surface area contributed by atoms with Crippen molar-refractivity contribution in [2.24, 2.45) is 5.41 Å². The van der Waals surface area contributed by atoms with Crippen molar-refractivity contribution in [2.45, 2.75) is 31.6 Å². The molecule has 0 unspecified atom stereocenters. The summed E-state index contributed by atoms with van der Waals surface area (Å²) in [5.74, 6) is -1.12. The summed E-state index contributed by atoms with van der Waals surface area (Å²) in [6, 6.07) is 20.1. The summed E-state index contributed by atoms with van der Waals surface area (Å²) in [4.78, 5) is 27.2. The number of rotatable bonds is 12. The molecule has 0 radical (unpaired) electrons. The molecule has 0 N–H and O–H groups in total. The van der Waals surface area contributed by atoms with Gasteiger partial charge in [-0.15, -0.1) is 0 Å². The molecule has 0 heterocycles. The first-order valence-corrected chi connectivity index (χ1v) is 12.7. The van der Waals surface area contributed by atoms with E-state index >= 15 is 0 Å². The Balaban J connectivity index is 2.44. The number of esters is 2. The number of carbonyl (C=O) groups is 2. The van der Waals surface area contributed by atoms with Crippen molar-refractivity contribution < 1.29 is 19.1 Å². The molecule has 2 rings (SSSR count). The van der Waals surface area contributed by atoms with E-state index in [1.54, 1.807) is 31.7 Å². The Morgan fingerprint density at radius 2 is 1.52 bits per heavy atom. The maximum atomic E-state index is 13.0. The number of allylic oxidation sites excluding steroid dienone is 2. The first-order chi connectivity index (χ1) is 15.1. The Morgan fingerprint density at radius 3 is 2.03 bits per heavy atom. The second-order valence-electron chi connectivity index (χ2n) is 6.62. The quantitative estimate of drug-likeness (QED) is 0.138. The van der Waals surface area contributed by atoms with Gasteiger partial charge in [-0.25, -0.2) is 0 Å². The van der Waals surface area contributed by atoms with Crippen molar-refractivity contribution in [3.8, 4) is 0 Å². The third-order valence-electron chi connectivity index (χ3n) is 4.36. The van der Waals surface area contributed by atoms with Crippen LogP contribution in [-0.4, -0.2) is 40.1 Å². The van der Waals surface area contributed by atoms with Gasteiger partial charge in [-0.2, -0.15) is 0 Å². The molecule has 164 valence electrons. The Kier molecular flexibility index (Phi) is 10.6. The average Bonchev–Trinajstić information content (AvgIpc) is 2.78. The van der Waals surface area contributed by atoms with Gasteiger partial charge in [0.25, 0.3) is 0 Å². The Labute approximate surface area is 195 Å². The molecule has 2 aromatic rings. The van der Waals surface area contributed by atoms with E-state index in [4.69, 9.17) is 9.47 Å². The van der Waals surface area contributed by atoms with Crippen LogP contribution in [0.4, 0.5) is 0 Å². The van der Waals surface area contributed by atoms with Gasteiger partial charge in [-0.1, -0.05) is 0 Å². The molecule has 4 nitrogen and oxygen atoms in total. The van der Waals surface area contributed by atoms with Crippen LogP contribution < -0.4 is 4.46 Å². The average molecular weight is 504 g/mol. The zero-order valence-electron chi connectivity index (χ0n) is 17.9. The molecule has 6 heteroatoms. The summed E-state index contributed by atoms with van der Waals surface area (Å²) in [7, 11) is 0. The number of benzene rings is 2. The second-order valence-corrected chi connectivity index (χ2v) is 10.1. The van der Waals surface area contributed by atoms with E-state index < -0.39 is 17.4 Å². The molecule has 0 saturated heterocycles. The number of carbonyl (C=O) groups excluding carboxylic acids is 2. The fourth-order valence-electron chi connectivity index (χ4n) is 2.92. The summed E-state index contributed by atoms with van der Waals surface area (Å²) >= 11 is 1.51. The normalized spacial score (nSPS) is 11.6. The van der Waals surface area contributed by atoms with Crippen molar-refractivity contribution >= 4 is 43.1 Å². The summed E-state index contributed by atoms with van der Waals surface area (Å²) in [5, 5.41) is 2.05. The van der Waals surface area contributed by atoms with Crippen LogP contribution >= 0.6 is 11.8 Å². The van der Waals surface area contributed by atoms with Crippen LogP contribution in [0.2, 0.25) is 0 Å². The number of hydrogen-bond donors (Lipinski definition) is 0. The van der Waals surface area contributed by atoms with Crippen molar-refractivity contribution in [2.75, 3.05) is 13.2 Å². The minimum absolute atomic E-state index is 0.0750. The van der Waals surface area contributed by atoms with Crippen LogP contribution in [0.25, 0.3) is 0 Å². The van der Waals surface area contributed by atoms with Gasteiger partial charge >= 0.3 is 196 Å². The molecule has 0 aromatic heterocycles. The van der Waals surface area contributed by atoms with Gasteiger partial charge in [0, 0.05) is 0 Å². The molecule has 0 fully saturated rings. The van der Waals surface area contributed by atoms with Crippen LogP contribution in [0, 0.1) is 5.41 Å². The van der Waals surface area contributed by atoms with E-state index in [1.807, 2.05) is 48.5 Å². The van der Waals surface area contributed by atoms with Gasteiger partial charge in [0.1, 0.15) is 0 Å². The SMILES string of the molecule is C=CCC(C/C(=C\Sc1ccccc1)[Se]c1ccccc1)(C(=O)OCC)C(=O)OCC. The molecule has 0 aliphatic carbocycles. The maximum absolute atomic E-state index is 13.0. The second kappa shape index (κ2) is 13.2. The molecule has 0 spiro atoms. The topological polar surface area (TPSA) is 52.6 Å². The standard InChI is InChI=1S/C25H28O4SSe/c1-4-17-25(23(26)28-5-2,24(27)29-6-3)18-22(31-21-15-11-8-12-16-21)19-30-20-13-9-7-10-14-20/h4,7-16,19H,1,5-6,17-18H2,2-3H3/b22-19+. The van der Waals surface area contributed by atoms with Gasteiger partial charge in [0.05, 0.1) is 0 Å². The van der Waals surface area contributed by atoms with Crippen molar-refractivity contribution in [1.82, 2.24) is 0 Å². The minimum atomic E-state index is -1.44. The molecular weight excluding hydrogens is 475 g/mol. The van der Waals surface area contributed by atoms with E-state index in [2.05, 4.69) is 24.1 Å². The Morgan fingerprint density at radius 1 is 0.968 bits per heavy atom. The monoisotopic (exact) mass is 504 g/mol. The molecule has 0 atom stereocenters. The Bertz CT molecular complexity index is 863. The van der Waals surface area contributed by atoms with Crippen molar-refractivity contribution in [3.63, 3.8) is 0 Å². The molecule has 31 heavy (non-hydrogen) atoms. The summed E-state index contributed by atoms with van der Waals surface area (Å²) in [6.45, 7) is 7.63. The van der Waals surface area contributed by atoms with Crippen LogP contribution in [0.5, 0.6) is 0 Å². The van der Waals surface area contributed by atoms with Crippen LogP contribution in [-0.2, 0) is 19.1 Å². The molecule has 0 saturated carbocycles.